The second-order valence-electron chi connectivity index (χ2n) is 25.6. The number of benzene rings is 11. The van der Waals surface area contributed by atoms with Gasteiger partial charge in [0.2, 0.25) is 23.5 Å². The molecule has 0 bridgehead atoms. The van der Waals surface area contributed by atoms with E-state index in [0.29, 0.717) is 23.4 Å². The molecule has 1 aliphatic heterocycles. The predicted molar refractivity (Wildman–Crippen MR) is 378 cm³/mol. The molecule has 2 aliphatic rings. The first kappa shape index (κ1) is 56.5. The number of fused-ring (bicyclic) bond motifs is 9. The highest BCUT2D eigenvalue weighted by Gasteiger charge is 2.85. The van der Waals surface area contributed by atoms with Crippen LogP contribution in [0, 0.1) is 12.3 Å². The van der Waals surface area contributed by atoms with Gasteiger partial charge in [0.05, 0.1) is 33.2 Å². The minimum atomic E-state index is -0.235. The first-order valence-electron chi connectivity index (χ1n) is 32.7. The molecule has 0 amide bonds. The molecule has 0 N–H and O–H groups in total. The van der Waals surface area contributed by atoms with Crippen LogP contribution in [-0.2, 0) is 18.5 Å². The van der Waals surface area contributed by atoms with Gasteiger partial charge >= 0.3 is 0 Å². The Morgan fingerprint density at radius 2 is 0.870 bits per heavy atom. The Bertz CT molecular complexity index is 4880. The molecule has 3 aromatic heterocycles. The number of unbranched alkanes of at least 4 members (excludes halogenated alkanes) is 1. The zero-order chi connectivity index (χ0) is 61.9. The molecule has 0 spiro atoms. The van der Waals surface area contributed by atoms with Crippen molar-refractivity contribution in [1.29, 1.82) is 0 Å². The van der Waals surface area contributed by atoms with E-state index in [4.69, 9.17) is 15.0 Å². The molecule has 4 heterocycles. The molecule has 0 radical (unpaired) electrons. The van der Waals surface area contributed by atoms with Gasteiger partial charge in [-0.2, -0.15) is 9.13 Å². The number of aryl methyl sites for hydroxylation is 2. The number of rotatable bonds is 15. The molecule has 16 rings (SSSR count). The van der Waals surface area contributed by atoms with E-state index >= 15 is 0 Å². The minimum absolute atomic E-state index is 0.0156. The summed E-state index contributed by atoms with van der Waals surface area (Å²) in [5.41, 5.74) is 22.7. The van der Waals surface area contributed by atoms with E-state index in [1.54, 1.807) is 0 Å². The summed E-state index contributed by atoms with van der Waals surface area (Å²) >= 11 is 0. The Morgan fingerprint density at radius 1 is 0.380 bits per heavy atom. The summed E-state index contributed by atoms with van der Waals surface area (Å²) in [6.07, 6.45) is 9.32. The van der Waals surface area contributed by atoms with Crippen LogP contribution in [0.3, 0.4) is 0 Å². The van der Waals surface area contributed by atoms with E-state index in [9.17, 15) is 0 Å². The first-order valence-corrected chi connectivity index (χ1v) is 32.7. The number of aromatic nitrogens is 5. The Hall–Kier alpha value is -10.8. The lowest BCUT2D eigenvalue weighted by Gasteiger charge is -2.24. The van der Waals surface area contributed by atoms with Crippen molar-refractivity contribution in [2.75, 3.05) is 0 Å². The lowest BCUT2D eigenvalue weighted by atomic mass is 9.88. The Kier molecular flexibility index (Phi) is 14.3. The summed E-state index contributed by atoms with van der Waals surface area (Å²) in [4.78, 5) is 16.5. The van der Waals surface area contributed by atoms with E-state index in [2.05, 4.69) is 328 Å². The maximum Gasteiger partial charge on any atom is 0.239 e. The van der Waals surface area contributed by atoms with Gasteiger partial charge in [-0.3, -0.25) is 0 Å². The largest absolute Gasteiger partial charge is 0.239 e. The van der Waals surface area contributed by atoms with Crippen molar-refractivity contribution in [2.45, 2.75) is 71.4 Å². The molecule has 5 nitrogen and oxygen atoms in total. The fourth-order valence-electron chi connectivity index (χ4n) is 15.4. The van der Waals surface area contributed by atoms with Crippen molar-refractivity contribution in [3.8, 4) is 112 Å². The van der Waals surface area contributed by atoms with Crippen molar-refractivity contribution < 1.29 is 9.13 Å². The van der Waals surface area contributed by atoms with Crippen molar-refractivity contribution in [1.82, 2.24) is 15.0 Å². The van der Waals surface area contributed by atoms with Crippen LogP contribution in [0.5, 0.6) is 0 Å². The second kappa shape index (κ2) is 23.2. The average Bonchev–Trinajstić information content (AvgIpc) is 1.47. The van der Waals surface area contributed by atoms with E-state index < -0.39 is 0 Å². The minimum Gasteiger partial charge on any atom is -0.208 e. The third-order valence-corrected chi connectivity index (χ3v) is 20.3. The summed E-state index contributed by atoms with van der Waals surface area (Å²) in [6, 6.07) is 102. The molecule has 3 unspecified atom stereocenters. The third-order valence-electron chi connectivity index (χ3n) is 20.3. The van der Waals surface area contributed by atoms with E-state index in [1.807, 2.05) is 0 Å². The average molecular weight is 1190 g/mol. The predicted octanol–water partition coefficient (Wildman–Crippen LogP) is 21.0. The van der Waals surface area contributed by atoms with Gasteiger partial charge in [0.1, 0.15) is 0 Å². The smallest absolute Gasteiger partial charge is 0.208 e. The highest BCUT2D eigenvalue weighted by atomic mass is 15.2. The van der Waals surface area contributed by atoms with Crippen LogP contribution in [0.15, 0.2) is 291 Å². The molecule has 92 heavy (non-hydrogen) atoms. The highest BCUT2D eigenvalue weighted by Crippen LogP contribution is 2.74. The highest BCUT2D eigenvalue weighted by molar-refractivity contribution is 5.97. The van der Waals surface area contributed by atoms with Gasteiger partial charge in [0, 0.05) is 28.8 Å². The lowest BCUT2D eigenvalue weighted by Crippen LogP contribution is -2.60. The van der Waals surface area contributed by atoms with Crippen LogP contribution >= 0.6 is 0 Å². The Balaban J connectivity index is 0.852. The summed E-state index contributed by atoms with van der Waals surface area (Å²) < 4.78 is 5.35. The molecule has 5 heteroatoms. The maximum absolute atomic E-state index is 5.51. The van der Waals surface area contributed by atoms with Gasteiger partial charge in [-0.1, -0.05) is 227 Å². The van der Waals surface area contributed by atoms with Crippen LogP contribution in [0.2, 0.25) is 0 Å². The number of nitrogens with zero attached hydrogens (tertiary/aromatic N) is 5. The van der Waals surface area contributed by atoms with Gasteiger partial charge < -0.3 is 0 Å². The van der Waals surface area contributed by atoms with Crippen LogP contribution in [0.25, 0.3) is 134 Å². The molecule has 14 aromatic rings. The quantitative estimate of drug-likeness (QED) is 0.0961. The molecule has 1 aliphatic carbocycles. The van der Waals surface area contributed by atoms with Crippen LogP contribution < -0.4 is 9.13 Å². The van der Waals surface area contributed by atoms with E-state index in [0.717, 1.165) is 91.7 Å². The van der Waals surface area contributed by atoms with Crippen LogP contribution in [0.1, 0.15) is 62.6 Å². The maximum atomic E-state index is 5.51. The van der Waals surface area contributed by atoms with Crippen molar-refractivity contribution >= 4 is 21.5 Å². The fourth-order valence-corrected chi connectivity index (χ4v) is 15.4. The number of hydrogen-bond donors (Lipinski definition) is 0. The standard InChI is InChI=1S/C87H71N5/c1-5-7-26-63-36-25-42-76-74(63)46-48-92-81(76)77-40-22-23-41-78(77)82-86(4,6-2)87(82,92)57-91-47-45-64-35-20-21-39-75(64)80(91)79-56-66(44-43-58(79)3)65-37-24-38-67(49-65)83-88-84(72-52-68(59-27-12-8-13-28-59)50-69(53-72)60-29-14-9-15-30-60)90-85(89-83)73-54-70(61-31-16-10-17-32-61)51-71(55-73)62-33-18-11-19-34-62/h8-25,27-56,82H,5-7,26,57H2,1-4H3/q+2. The van der Waals surface area contributed by atoms with Gasteiger partial charge in [-0.15, -0.1) is 0 Å². The van der Waals surface area contributed by atoms with Crippen molar-refractivity contribution in [3.05, 3.63) is 308 Å². The monoisotopic (exact) mass is 1190 g/mol. The fraction of sp³-hybridized carbons (Fsp3) is 0.138. The van der Waals surface area contributed by atoms with E-state index in [1.165, 1.54) is 73.6 Å². The van der Waals surface area contributed by atoms with Crippen LogP contribution in [-0.4, -0.2) is 15.0 Å². The Morgan fingerprint density at radius 3 is 1.47 bits per heavy atom. The van der Waals surface area contributed by atoms with Gasteiger partial charge in [0.25, 0.3) is 0 Å². The molecular formula is C87H71N5+2. The van der Waals surface area contributed by atoms with Gasteiger partial charge in [0.15, 0.2) is 29.9 Å². The van der Waals surface area contributed by atoms with E-state index in [-0.39, 0.29) is 11.0 Å². The molecule has 442 valence electrons. The molecule has 0 saturated heterocycles. The number of hydrogen-bond acceptors (Lipinski definition) is 3. The molecular weight excluding hydrogens is 1110 g/mol. The second-order valence-corrected chi connectivity index (χ2v) is 25.6. The van der Waals surface area contributed by atoms with Crippen LogP contribution in [0.4, 0.5) is 0 Å². The Labute approximate surface area is 539 Å². The van der Waals surface area contributed by atoms with Crippen molar-refractivity contribution in [3.63, 3.8) is 0 Å². The normalized spacial score (nSPS) is 16.2. The molecule has 3 atom stereocenters. The zero-order valence-corrected chi connectivity index (χ0v) is 52.6. The van der Waals surface area contributed by atoms with Crippen molar-refractivity contribution in [2.24, 2.45) is 5.41 Å². The summed E-state index contributed by atoms with van der Waals surface area (Å²) in [7, 11) is 0. The van der Waals surface area contributed by atoms with Gasteiger partial charge in [-0.25, -0.2) is 15.0 Å². The summed E-state index contributed by atoms with van der Waals surface area (Å²) in [5.74, 6) is 2.11. The number of pyridine rings is 2. The molecule has 1 saturated carbocycles. The SMILES string of the molecule is CCCCc1cccc2c3[n+](ccc12)C1(C[n+]2ccc4ccccc4c2-c2cc(-c4cccc(-c5nc(-c6cc(-c7ccccc7)cc(-c7ccccc7)c6)nc(-c6cc(-c7ccccc7)cc(-c7ccccc7)c6)n5)c4)ccc2C)C(c2ccccc2-3)C1(C)CC. The first-order chi connectivity index (χ1) is 45.3. The summed E-state index contributed by atoms with van der Waals surface area (Å²) in [5, 5.41) is 5.18. The molecule has 11 aromatic carbocycles. The molecule has 1 fully saturated rings. The third kappa shape index (κ3) is 9.74. The zero-order valence-electron chi connectivity index (χ0n) is 52.6. The summed E-state index contributed by atoms with van der Waals surface area (Å²) in [6.45, 7) is 10.3. The lowest BCUT2D eigenvalue weighted by molar-refractivity contribution is -0.808. The van der Waals surface area contributed by atoms with Gasteiger partial charge in [-0.05, 0) is 176 Å². The topological polar surface area (TPSA) is 46.4 Å².